The molecular weight excluding hydrogens is 242 g/mol. The van der Waals surface area contributed by atoms with Gasteiger partial charge in [0, 0.05) is 29.5 Å². The molecule has 0 spiro atoms. The fraction of sp³-hybridized carbons (Fsp3) is 0.667. The Kier molecular flexibility index (Phi) is 4.33. The summed E-state index contributed by atoms with van der Waals surface area (Å²) in [5.74, 6) is -0.414. The van der Waals surface area contributed by atoms with Gasteiger partial charge in [-0.15, -0.1) is 0 Å². The minimum Gasteiger partial charge on any atom is -0.299 e. The van der Waals surface area contributed by atoms with E-state index in [0.717, 1.165) is 0 Å². The van der Waals surface area contributed by atoms with Gasteiger partial charge in [0.1, 0.15) is 5.78 Å². The first-order chi connectivity index (χ1) is 8.68. The van der Waals surface area contributed by atoms with E-state index in [1.807, 2.05) is 34.6 Å². The Morgan fingerprint density at radius 3 is 1.95 bits per heavy atom. The molecule has 1 aliphatic rings. The molecule has 1 atom stereocenters. The van der Waals surface area contributed by atoms with Crippen molar-refractivity contribution in [1.29, 1.82) is 0 Å². The molecule has 0 aliphatic carbocycles. The van der Waals surface area contributed by atoms with Crippen LogP contribution in [0, 0.1) is 5.41 Å². The highest BCUT2D eigenvalue weighted by atomic mass is 16.2. The van der Waals surface area contributed by atoms with Crippen LogP contribution < -0.4 is 0 Å². The lowest BCUT2D eigenvalue weighted by Crippen LogP contribution is -2.52. The number of carbonyl (C=O) groups excluding carboxylic acids is 3. The molecule has 4 nitrogen and oxygen atoms in total. The number of nitrogens with zero attached hydrogens (tertiary/aromatic N) is 1. The molecule has 1 rings (SSSR count). The van der Waals surface area contributed by atoms with E-state index in [2.05, 4.69) is 0 Å². The van der Waals surface area contributed by atoms with Crippen molar-refractivity contribution in [2.75, 3.05) is 0 Å². The van der Waals surface area contributed by atoms with Crippen molar-refractivity contribution in [2.45, 2.75) is 59.4 Å². The zero-order chi connectivity index (χ0) is 14.8. The lowest BCUT2D eigenvalue weighted by atomic mass is 9.74. The van der Waals surface area contributed by atoms with Crippen molar-refractivity contribution in [3.8, 4) is 0 Å². The molecule has 19 heavy (non-hydrogen) atoms. The molecule has 0 bridgehead atoms. The maximum atomic E-state index is 12.0. The first-order valence-corrected chi connectivity index (χ1v) is 6.77. The van der Waals surface area contributed by atoms with Gasteiger partial charge in [0.25, 0.3) is 11.8 Å². The Morgan fingerprint density at radius 1 is 1.11 bits per heavy atom. The normalized spacial score (nSPS) is 18.9. The van der Waals surface area contributed by atoms with E-state index in [1.54, 1.807) is 0 Å². The van der Waals surface area contributed by atoms with Gasteiger partial charge in [-0.05, 0) is 19.8 Å². The summed E-state index contributed by atoms with van der Waals surface area (Å²) in [7, 11) is 0. The van der Waals surface area contributed by atoms with Crippen molar-refractivity contribution < 1.29 is 14.4 Å². The fourth-order valence-electron chi connectivity index (χ4n) is 2.82. The highest BCUT2D eigenvalue weighted by molar-refractivity contribution is 6.13. The topological polar surface area (TPSA) is 54.5 Å². The number of hydrogen-bond acceptors (Lipinski definition) is 3. The van der Waals surface area contributed by atoms with Crippen LogP contribution in [-0.2, 0) is 14.4 Å². The van der Waals surface area contributed by atoms with Gasteiger partial charge in [-0.2, -0.15) is 0 Å². The maximum absolute atomic E-state index is 12.0. The van der Waals surface area contributed by atoms with Crippen LogP contribution in [0.5, 0.6) is 0 Å². The van der Waals surface area contributed by atoms with Gasteiger partial charge < -0.3 is 0 Å². The third-order valence-electron chi connectivity index (χ3n) is 4.01. The van der Waals surface area contributed by atoms with Gasteiger partial charge >= 0.3 is 0 Å². The molecule has 0 N–H and O–H groups in total. The van der Waals surface area contributed by atoms with Crippen LogP contribution in [0.15, 0.2) is 12.2 Å². The summed E-state index contributed by atoms with van der Waals surface area (Å²) in [6.45, 7) is 9.41. The van der Waals surface area contributed by atoms with Gasteiger partial charge in [-0.3, -0.25) is 19.3 Å². The van der Waals surface area contributed by atoms with Crippen molar-refractivity contribution in [3.05, 3.63) is 12.2 Å². The molecule has 1 unspecified atom stereocenters. The Morgan fingerprint density at radius 2 is 1.58 bits per heavy atom. The summed E-state index contributed by atoms with van der Waals surface area (Å²) in [4.78, 5) is 37.0. The largest absolute Gasteiger partial charge is 0.299 e. The number of imide groups is 1. The second-order valence-electron chi connectivity index (χ2n) is 6.03. The second-order valence-corrected chi connectivity index (χ2v) is 6.03. The Hall–Kier alpha value is -1.45. The highest BCUT2D eigenvalue weighted by Gasteiger charge is 2.44. The van der Waals surface area contributed by atoms with Gasteiger partial charge in [-0.25, -0.2) is 0 Å². The van der Waals surface area contributed by atoms with Crippen LogP contribution in [0.4, 0.5) is 0 Å². The van der Waals surface area contributed by atoms with Crippen LogP contribution in [-0.4, -0.2) is 28.0 Å². The van der Waals surface area contributed by atoms with E-state index in [9.17, 15) is 14.4 Å². The maximum Gasteiger partial charge on any atom is 0.254 e. The van der Waals surface area contributed by atoms with E-state index in [4.69, 9.17) is 0 Å². The summed E-state index contributed by atoms with van der Waals surface area (Å²) in [5, 5.41) is 0. The zero-order valence-electron chi connectivity index (χ0n) is 12.4. The molecule has 2 amide bonds. The first-order valence-electron chi connectivity index (χ1n) is 6.77. The van der Waals surface area contributed by atoms with E-state index in [1.165, 1.54) is 17.1 Å². The van der Waals surface area contributed by atoms with Crippen LogP contribution >= 0.6 is 0 Å². The Bertz CT molecular complexity index is 419. The molecule has 0 fully saturated rings. The molecule has 106 valence electrons. The molecule has 0 aromatic carbocycles. The van der Waals surface area contributed by atoms with Crippen molar-refractivity contribution in [2.24, 2.45) is 5.41 Å². The van der Waals surface area contributed by atoms with Crippen LogP contribution in [0.2, 0.25) is 0 Å². The molecule has 0 saturated heterocycles. The number of rotatable bonds is 6. The predicted molar refractivity (Wildman–Crippen MR) is 73.4 cm³/mol. The molecule has 0 radical (unpaired) electrons. The minimum absolute atomic E-state index is 0.152. The van der Waals surface area contributed by atoms with Gasteiger partial charge in [0.05, 0.1) is 0 Å². The summed E-state index contributed by atoms with van der Waals surface area (Å²) >= 11 is 0. The quantitative estimate of drug-likeness (QED) is 0.693. The van der Waals surface area contributed by atoms with E-state index in [-0.39, 0.29) is 17.6 Å². The monoisotopic (exact) mass is 265 g/mol. The first kappa shape index (κ1) is 15.6. The lowest BCUT2D eigenvalue weighted by molar-refractivity contribution is -0.147. The van der Waals surface area contributed by atoms with Crippen LogP contribution in [0.25, 0.3) is 0 Å². The molecule has 1 aliphatic heterocycles. The summed E-state index contributed by atoms with van der Waals surface area (Å²) in [6.07, 6.45) is 4.18. The number of hydrogen-bond donors (Lipinski definition) is 0. The summed E-state index contributed by atoms with van der Waals surface area (Å²) in [6, 6.07) is 0. The molecule has 1 heterocycles. The highest BCUT2D eigenvalue weighted by Crippen LogP contribution is 2.37. The summed E-state index contributed by atoms with van der Waals surface area (Å²) in [5.41, 5.74) is -1.16. The van der Waals surface area contributed by atoms with Crippen LogP contribution in [0.3, 0.4) is 0 Å². The molecule has 0 aromatic rings. The van der Waals surface area contributed by atoms with Crippen molar-refractivity contribution >= 4 is 17.6 Å². The van der Waals surface area contributed by atoms with Crippen LogP contribution in [0.1, 0.15) is 53.9 Å². The SMILES string of the molecule is CCC(=O)C(C)(C)CC(C)(CC)N1C(=O)C=CC1=O. The summed E-state index contributed by atoms with van der Waals surface area (Å²) < 4.78 is 0. The molecule has 0 saturated carbocycles. The lowest BCUT2D eigenvalue weighted by Gasteiger charge is -2.41. The number of Topliss-reactive ketones (excluding diaryl/α,β-unsaturated/α-hetero) is 1. The average molecular weight is 265 g/mol. The smallest absolute Gasteiger partial charge is 0.254 e. The minimum atomic E-state index is -0.619. The molecule has 4 heteroatoms. The van der Waals surface area contributed by atoms with Crippen molar-refractivity contribution in [3.63, 3.8) is 0 Å². The number of amides is 2. The number of ketones is 1. The van der Waals surface area contributed by atoms with Gasteiger partial charge in [0.15, 0.2) is 0 Å². The van der Waals surface area contributed by atoms with Crippen molar-refractivity contribution in [1.82, 2.24) is 4.90 Å². The Labute approximate surface area is 114 Å². The van der Waals surface area contributed by atoms with Gasteiger partial charge in [0.2, 0.25) is 0 Å². The molecule has 0 aromatic heterocycles. The molecular formula is C15H23NO3. The number of carbonyl (C=O) groups is 3. The average Bonchev–Trinajstić information content (AvgIpc) is 2.67. The van der Waals surface area contributed by atoms with E-state index < -0.39 is 11.0 Å². The third kappa shape index (κ3) is 2.94. The van der Waals surface area contributed by atoms with E-state index in [0.29, 0.717) is 19.3 Å². The Balaban J connectivity index is 3.02. The standard InChI is InChI=1S/C15H23NO3/c1-6-11(17)14(3,4)10-15(5,7-2)16-12(18)8-9-13(16)19/h8-9H,6-7,10H2,1-5H3. The third-order valence-corrected chi connectivity index (χ3v) is 4.01. The predicted octanol–water partition coefficient (Wildman–Crippen LogP) is 2.48. The second kappa shape index (κ2) is 5.27. The van der Waals surface area contributed by atoms with E-state index >= 15 is 0 Å². The fourth-order valence-corrected chi connectivity index (χ4v) is 2.82. The van der Waals surface area contributed by atoms with Gasteiger partial charge in [-0.1, -0.05) is 27.7 Å². The zero-order valence-corrected chi connectivity index (χ0v) is 12.4.